The van der Waals surface area contributed by atoms with E-state index in [9.17, 15) is 14.4 Å². The summed E-state index contributed by atoms with van der Waals surface area (Å²) in [7, 11) is 0. The van der Waals surface area contributed by atoms with Gasteiger partial charge in [-0.2, -0.15) is 0 Å². The van der Waals surface area contributed by atoms with Gasteiger partial charge in [-0.15, -0.1) is 0 Å². The molecule has 28 heavy (non-hydrogen) atoms. The second-order valence-corrected chi connectivity index (χ2v) is 8.04. The number of anilines is 1. The lowest BCUT2D eigenvalue weighted by Crippen LogP contribution is -2.46. The fraction of sp³-hybridized carbons (Fsp3) is 0.591. The molecule has 6 heteroatoms. The highest BCUT2D eigenvalue weighted by atomic mass is 16.2. The third-order valence-electron chi connectivity index (χ3n) is 5.83. The van der Waals surface area contributed by atoms with Crippen LogP contribution in [0.2, 0.25) is 0 Å². The Morgan fingerprint density at radius 2 is 1.82 bits per heavy atom. The highest BCUT2D eigenvalue weighted by Crippen LogP contribution is 2.27. The molecular formula is C22H31N3O3. The fourth-order valence-electron chi connectivity index (χ4n) is 4.22. The van der Waals surface area contributed by atoms with Gasteiger partial charge in [0.15, 0.2) is 0 Å². The van der Waals surface area contributed by atoms with Gasteiger partial charge in [-0.05, 0) is 38.3 Å². The molecule has 0 aliphatic carbocycles. The molecule has 2 atom stereocenters. The van der Waals surface area contributed by atoms with Gasteiger partial charge in [-0.3, -0.25) is 14.4 Å². The van der Waals surface area contributed by atoms with Crippen LogP contribution in [0.15, 0.2) is 30.3 Å². The highest BCUT2D eigenvalue weighted by Gasteiger charge is 2.38. The molecular weight excluding hydrogens is 354 g/mol. The second kappa shape index (κ2) is 9.22. The molecule has 2 heterocycles. The lowest BCUT2D eigenvalue weighted by Gasteiger charge is -2.33. The van der Waals surface area contributed by atoms with Crippen LogP contribution < -0.4 is 10.2 Å². The summed E-state index contributed by atoms with van der Waals surface area (Å²) in [5, 5.41) is 3.09. The Morgan fingerprint density at radius 3 is 2.46 bits per heavy atom. The first kappa shape index (κ1) is 20.4. The molecule has 2 fully saturated rings. The zero-order valence-electron chi connectivity index (χ0n) is 16.9. The summed E-state index contributed by atoms with van der Waals surface area (Å²) >= 11 is 0. The van der Waals surface area contributed by atoms with Crippen LogP contribution >= 0.6 is 0 Å². The third-order valence-corrected chi connectivity index (χ3v) is 5.83. The van der Waals surface area contributed by atoms with Crippen molar-refractivity contribution >= 4 is 23.4 Å². The van der Waals surface area contributed by atoms with Crippen molar-refractivity contribution in [3.63, 3.8) is 0 Å². The van der Waals surface area contributed by atoms with Gasteiger partial charge in [0.25, 0.3) is 0 Å². The number of amides is 3. The fourth-order valence-corrected chi connectivity index (χ4v) is 4.22. The summed E-state index contributed by atoms with van der Waals surface area (Å²) < 4.78 is 0. The molecule has 0 bridgehead atoms. The van der Waals surface area contributed by atoms with Crippen LogP contribution in [-0.4, -0.2) is 48.3 Å². The number of likely N-dealkylation sites (tertiary alicyclic amines) is 1. The normalized spacial score (nSPS) is 21.6. The number of nitrogens with one attached hydrogen (secondary N) is 1. The van der Waals surface area contributed by atoms with Crippen LogP contribution in [0, 0.1) is 11.8 Å². The number of benzene rings is 1. The number of para-hydroxylation sites is 1. The van der Waals surface area contributed by atoms with Gasteiger partial charge in [-0.1, -0.05) is 31.5 Å². The average Bonchev–Trinajstić information content (AvgIpc) is 3.10. The van der Waals surface area contributed by atoms with Crippen molar-refractivity contribution in [1.29, 1.82) is 0 Å². The quantitative estimate of drug-likeness (QED) is 0.818. The Hall–Kier alpha value is -2.37. The first-order chi connectivity index (χ1) is 13.5. The van der Waals surface area contributed by atoms with E-state index in [1.54, 1.807) is 4.90 Å². The van der Waals surface area contributed by atoms with Crippen LogP contribution in [-0.2, 0) is 14.4 Å². The van der Waals surface area contributed by atoms with E-state index in [4.69, 9.17) is 0 Å². The molecule has 2 unspecified atom stereocenters. The minimum Gasteiger partial charge on any atom is -0.353 e. The smallest absolute Gasteiger partial charge is 0.228 e. The summed E-state index contributed by atoms with van der Waals surface area (Å²) in [4.78, 5) is 41.2. The highest BCUT2D eigenvalue weighted by molar-refractivity contribution is 6.00. The van der Waals surface area contributed by atoms with Gasteiger partial charge in [0.1, 0.15) is 0 Å². The van der Waals surface area contributed by atoms with E-state index < -0.39 is 0 Å². The number of hydrogen-bond acceptors (Lipinski definition) is 3. The lowest BCUT2D eigenvalue weighted by molar-refractivity contribution is -0.139. The van der Waals surface area contributed by atoms with E-state index in [-0.39, 0.29) is 42.0 Å². The number of carbonyl (C=O) groups excluding carboxylic acids is 3. The summed E-state index contributed by atoms with van der Waals surface area (Å²) in [6.45, 7) is 5.77. The van der Waals surface area contributed by atoms with Gasteiger partial charge in [0.05, 0.1) is 5.92 Å². The monoisotopic (exact) mass is 385 g/mol. The Labute approximate surface area is 167 Å². The van der Waals surface area contributed by atoms with Gasteiger partial charge in [0, 0.05) is 43.7 Å². The molecule has 2 saturated heterocycles. The number of piperidine rings is 1. The average molecular weight is 386 g/mol. The maximum Gasteiger partial charge on any atom is 0.228 e. The zero-order valence-corrected chi connectivity index (χ0v) is 16.9. The third kappa shape index (κ3) is 4.72. The molecule has 3 amide bonds. The van der Waals surface area contributed by atoms with Crippen molar-refractivity contribution < 1.29 is 14.4 Å². The molecule has 2 aliphatic rings. The van der Waals surface area contributed by atoms with E-state index >= 15 is 0 Å². The van der Waals surface area contributed by atoms with Crippen LogP contribution in [0.4, 0.5) is 5.69 Å². The largest absolute Gasteiger partial charge is 0.353 e. The van der Waals surface area contributed by atoms with Crippen molar-refractivity contribution in [3.8, 4) is 0 Å². The van der Waals surface area contributed by atoms with Gasteiger partial charge < -0.3 is 15.1 Å². The number of rotatable bonds is 6. The summed E-state index contributed by atoms with van der Waals surface area (Å²) in [5.74, 6) is -0.148. The molecule has 0 aromatic heterocycles. The summed E-state index contributed by atoms with van der Waals surface area (Å²) in [6.07, 6.45) is 3.69. The van der Waals surface area contributed by atoms with E-state index in [0.717, 1.165) is 18.5 Å². The first-order valence-electron chi connectivity index (χ1n) is 10.4. The maximum absolute atomic E-state index is 12.9. The standard InChI is InChI=1S/C22H31N3O3/c1-3-7-16(2)23-21(27)17-10-12-24(13-11-17)22(28)18-14-20(26)25(15-18)19-8-5-4-6-9-19/h4-6,8-9,16-18H,3,7,10-15H2,1-2H3,(H,23,27). The van der Waals surface area contributed by atoms with Gasteiger partial charge >= 0.3 is 0 Å². The topological polar surface area (TPSA) is 69.7 Å². The van der Waals surface area contributed by atoms with E-state index in [0.29, 0.717) is 32.5 Å². The molecule has 6 nitrogen and oxygen atoms in total. The van der Waals surface area contributed by atoms with Crippen LogP contribution in [0.5, 0.6) is 0 Å². The molecule has 0 spiro atoms. The van der Waals surface area contributed by atoms with Crippen molar-refractivity contribution in [1.82, 2.24) is 10.2 Å². The number of hydrogen-bond donors (Lipinski definition) is 1. The zero-order chi connectivity index (χ0) is 20.1. The molecule has 0 saturated carbocycles. The number of carbonyl (C=O) groups is 3. The molecule has 1 N–H and O–H groups in total. The van der Waals surface area contributed by atoms with Crippen LogP contribution in [0.25, 0.3) is 0 Å². The predicted octanol–water partition coefficient (Wildman–Crippen LogP) is 2.58. The molecule has 1 aromatic rings. The van der Waals surface area contributed by atoms with E-state index in [1.165, 1.54) is 0 Å². The summed E-state index contributed by atoms with van der Waals surface area (Å²) in [6, 6.07) is 9.70. The summed E-state index contributed by atoms with van der Waals surface area (Å²) in [5.41, 5.74) is 0.847. The molecule has 152 valence electrons. The lowest BCUT2D eigenvalue weighted by atomic mass is 9.94. The predicted molar refractivity (Wildman–Crippen MR) is 109 cm³/mol. The van der Waals surface area contributed by atoms with Crippen LogP contribution in [0.1, 0.15) is 46.0 Å². The molecule has 1 aromatic carbocycles. The number of nitrogens with zero attached hydrogens (tertiary/aromatic N) is 2. The Bertz CT molecular complexity index is 698. The van der Waals surface area contributed by atoms with E-state index in [2.05, 4.69) is 12.2 Å². The molecule has 3 rings (SSSR count). The van der Waals surface area contributed by atoms with Crippen molar-refractivity contribution in [2.24, 2.45) is 11.8 Å². The minimum absolute atomic E-state index is 0.00345. The second-order valence-electron chi connectivity index (χ2n) is 8.04. The first-order valence-corrected chi connectivity index (χ1v) is 10.4. The maximum atomic E-state index is 12.9. The van der Waals surface area contributed by atoms with Crippen molar-refractivity contribution in [3.05, 3.63) is 30.3 Å². The molecule has 0 radical (unpaired) electrons. The van der Waals surface area contributed by atoms with Crippen molar-refractivity contribution in [2.75, 3.05) is 24.5 Å². The Morgan fingerprint density at radius 1 is 1.14 bits per heavy atom. The SMILES string of the molecule is CCCC(C)NC(=O)C1CCN(C(=O)C2CC(=O)N(c3ccccc3)C2)CC1. The van der Waals surface area contributed by atoms with Gasteiger partial charge in [-0.25, -0.2) is 0 Å². The minimum atomic E-state index is -0.289. The van der Waals surface area contributed by atoms with E-state index in [1.807, 2.05) is 42.2 Å². The van der Waals surface area contributed by atoms with Crippen molar-refractivity contribution in [2.45, 2.75) is 52.0 Å². The van der Waals surface area contributed by atoms with Gasteiger partial charge in [0.2, 0.25) is 17.7 Å². The van der Waals surface area contributed by atoms with Crippen LogP contribution in [0.3, 0.4) is 0 Å². The Kier molecular flexibility index (Phi) is 6.70. The Balaban J connectivity index is 1.50. The molecule has 2 aliphatic heterocycles.